The summed E-state index contributed by atoms with van der Waals surface area (Å²) in [6, 6.07) is 11.8. The van der Waals surface area contributed by atoms with Gasteiger partial charge in [0, 0.05) is 6.08 Å². The Bertz CT molecular complexity index is 512. The molecule has 1 heterocycles. The third-order valence-corrected chi connectivity index (χ3v) is 3.06. The average Bonchev–Trinajstić information content (AvgIpc) is 2.90. The summed E-state index contributed by atoms with van der Waals surface area (Å²) < 4.78 is 4.69. The molecule has 0 bridgehead atoms. The van der Waals surface area contributed by atoms with Crippen LogP contribution in [0.25, 0.3) is 5.57 Å². The predicted molar refractivity (Wildman–Crippen MR) is 69.9 cm³/mol. The lowest BCUT2D eigenvalue weighted by Crippen LogP contribution is -1.97. The van der Waals surface area contributed by atoms with E-state index in [1.54, 1.807) is 11.3 Å². The fraction of sp³-hybridized carbons (Fsp3) is 0.0714. The van der Waals surface area contributed by atoms with E-state index in [-0.39, 0.29) is 5.97 Å². The second-order valence-electron chi connectivity index (χ2n) is 3.46. The molecule has 0 aliphatic rings. The highest BCUT2D eigenvalue weighted by atomic mass is 32.1. The highest BCUT2D eigenvalue weighted by Gasteiger charge is 2.07. The van der Waals surface area contributed by atoms with Gasteiger partial charge in [-0.2, -0.15) is 11.3 Å². The highest BCUT2D eigenvalue weighted by molar-refractivity contribution is 7.08. The van der Waals surface area contributed by atoms with Gasteiger partial charge in [0.25, 0.3) is 0 Å². The molecular weight excluding hydrogens is 232 g/mol. The Hall–Kier alpha value is -1.87. The lowest BCUT2D eigenvalue weighted by Gasteiger charge is -2.05. The van der Waals surface area contributed by atoms with Gasteiger partial charge in [-0.1, -0.05) is 30.3 Å². The standard InChI is InChI=1S/C14H12O2S/c1-16-14(15)9-13(12-7-8-17-10-12)11-5-3-2-4-6-11/h2-10H,1H3/b13-9-. The second-order valence-corrected chi connectivity index (χ2v) is 4.24. The Labute approximate surface area is 104 Å². The number of carbonyl (C=O) groups is 1. The molecule has 2 nitrogen and oxygen atoms in total. The highest BCUT2D eigenvalue weighted by Crippen LogP contribution is 2.25. The van der Waals surface area contributed by atoms with Gasteiger partial charge in [-0.15, -0.1) is 0 Å². The van der Waals surface area contributed by atoms with Crippen molar-refractivity contribution < 1.29 is 9.53 Å². The van der Waals surface area contributed by atoms with Crippen LogP contribution < -0.4 is 0 Å². The monoisotopic (exact) mass is 244 g/mol. The van der Waals surface area contributed by atoms with Crippen molar-refractivity contribution in [1.29, 1.82) is 0 Å². The van der Waals surface area contributed by atoms with Gasteiger partial charge in [0.15, 0.2) is 0 Å². The first-order chi connectivity index (χ1) is 8.31. The summed E-state index contributed by atoms with van der Waals surface area (Å²) in [5.41, 5.74) is 2.93. The largest absolute Gasteiger partial charge is 0.466 e. The normalized spacial score (nSPS) is 11.2. The quantitative estimate of drug-likeness (QED) is 0.611. The third-order valence-electron chi connectivity index (χ3n) is 2.38. The summed E-state index contributed by atoms with van der Waals surface area (Å²) >= 11 is 1.60. The first kappa shape index (κ1) is 11.6. The molecule has 17 heavy (non-hydrogen) atoms. The smallest absolute Gasteiger partial charge is 0.331 e. The number of methoxy groups -OCH3 is 1. The lowest BCUT2D eigenvalue weighted by atomic mass is 10.0. The minimum atomic E-state index is -0.338. The Balaban J connectivity index is 2.46. The molecular formula is C14H12O2S. The molecule has 0 spiro atoms. The van der Waals surface area contributed by atoms with Crippen molar-refractivity contribution in [3.63, 3.8) is 0 Å². The second kappa shape index (κ2) is 5.46. The molecule has 0 saturated carbocycles. The van der Waals surface area contributed by atoms with Crippen LogP contribution in [0.3, 0.4) is 0 Å². The van der Waals surface area contributed by atoms with Crippen LogP contribution in [0.5, 0.6) is 0 Å². The Morgan fingerprint density at radius 1 is 1.18 bits per heavy atom. The van der Waals surface area contributed by atoms with Crippen LogP contribution in [-0.4, -0.2) is 13.1 Å². The van der Waals surface area contributed by atoms with E-state index >= 15 is 0 Å². The van der Waals surface area contributed by atoms with E-state index in [4.69, 9.17) is 0 Å². The molecule has 0 saturated heterocycles. The van der Waals surface area contributed by atoms with Gasteiger partial charge >= 0.3 is 5.97 Å². The van der Waals surface area contributed by atoms with E-state index in [0.29, 0.717) is 0 Å². The van der Waals surface area contributed by atoms with Crippen LogP contribution >= 0.6 is 11.3 Å². The number of esters is 1. The van der Waals surface area contributed by atoms with Gasteiger partial charge in [0.05, 0.1) is 7.11 Å². The van der Waals surface area contributed by atoms with Crippen LogP contribution in [0.4, 0.5) is 0 Å². The average molecular weight is 244 g/mol. The van der Waals surface area contributed by atoms with Crippen LogP contribution in [0.2, 0.25) is 0 Å². The molecule has 86 valence electrons. The van der Waals surface area contributed by atoms with Crippen molar-refractivity contribution in [2.24, 2.45) is 0 Å². The van der Waals surface area contributed by atoms with Gasteiger partial charge in [-0.3, -0.25) is 0 Å². The van der Waals surface area contributed by atoms with E-state index in [0.717, 1.165) is 16.7 Å². The first-order valence-corrected chi connectivity index (χ1v) is 6.13. The molecule has 2 aromatic rings. The molecule has 0 atom stereocenters. The summed E-state index contributed by atoms with van der Waals surface area (Å²) in [6.07, 6.45) is 1.53. The van der Waals surface area contributed by atoms with Gasteiger partial charge in [0.1, 0.15) is 0 Å². The molecule has 0 radical (unpaired) electrons. The zero-order valence-electron chi connectivity index (χ0n) is 9.42. The first-order valence-electron chi connectivity index (χ1n) is 5.19. The van der Waals surface area contributed by atoms with Crippen molar-refractivity contribution in [2.75, 3.05) is 7.11 Å². The molecule has 1 aromatic carbocycles. The van der Waals surface area contributed by atoms with E-state index in [1.165, 1.54) is 13.2 Å². The van der Waals surface area contributed by atoms with Crippen molar-refractivity contribution in [3.8, 4) is 0 Å². The number of carbonyl (C=O) groups excluding carboxylic acids is 1. The lowest BCUT2D eigenvalue weighted by molar-refractivity contribution is -0.134. The van der Waals surface area contributed by atoms with Gasteiger partial charge < -0.3 is 4.74 Å². The molecule has 0 fully saturated rings. The van der Waals surface area contributed by atoms with Gasteiger partial charge in [-0.05, 0) is 33.5 Å². The SMILES string of the molecule is COC(=O)/C=C(/c1ccccc1)c1ccsc1. The van der Waals surface area contributed by atoms with E-state index in [1.807, 2.05) is 47.2 Å². The number of benzene rings is 1. The molecule has 0 aliphatic heterocycles. The van der Waals surface area contributed by atoms with Crippen molar-refractivity contribution in [2.45, 2.75) is 0 Å². The maximum absolute atomic E-state index is 11.4. The minimum absolute atomic E-state index is 0.338. The van der Waals surface area contributed by atoms with E-state index < -0.39 is 0 Å². The molecule has 0 amide bonds. The third kappa shape index (κ3) is 2.82. The zero-order chi connectivity index (χ0) is 12.1. The van der Waals surface area contributed by atoms with Crippen LogP contribution in [0, 0.1) is 0 Å². The summed E-state index contributed by atoms with van der Waals surface area (Å²) in [7, 11) is 1.38. The maximum atomic E-state index is 11.4. The topological polar surface area (TPSA) is 26.3 Å². The van der Waals surface area contributed by atoms with Crippen molar-refractivity contribution in [1.82, 2.24) is 0 Å². The van der Waals surface area contributed by atoms with Gasteiger partial charge in [0.2, 0.25) is 0 Å². The summed E-state index contributed by atoms with van der Waals surface area (Å²) in [5.74, 6) is -0.338. The summed E-state index contributed by atoms with van der Waals surface area (Å²) in [6.45, 7) is 0. The Morgan fingerprint density at radius 3 is 2.53 bits per heavy atom. The predicted octanol–water partition coefficient (Wildman–Crippen LogP) is 3.35. The molecule has 1 aromatic heterocycles. The van der Waals surface area contributed by atoms with Crippen LogP contribution in [0.15, 0.2) is 53.2 Å². The fourth-order valence-electron chi connectivity index (χ4n) is 1.55. The summed E-state index contributed by atoms with van der Waals surface area (Å²) in [4.78, 5) is 11.4. The molecule has 3 heteroatoms. The zero-order valence-corrected chi connectivity index (χ0v) is 10.2. The van der Waals surface area contributed by atoms with E-state index in [2.05, 4.69) is 4.74 Å². The minimum Gasteiger partial charge on any atom is -0.466 e. The number of hydrogen-bond acceptors (Lipinski definition) is 3. The number of rotatable bonds is 3. The summed E-state index contributed by atoms with van der Waals surface area (Å²) in [5, 5.41) is 4.01. The van der Waals surface area contributed by atoms with Crippen LogP contribution in [-0.2, 0) is 9.53 Å². The molecule has 0 aliphatic carbocycles. The Kier molecular flexibility index (Phi) is 3.73. The molecule has 0 unspecified atom stereocenters. The molecule has 0 N–H and O–H groups in total. The number of thiophene rings is 1. The van der Waals surface area contributed by atoms with Crippen molar-refractivity contribution >= 4 is 22.9 Å². The van der Waals surface area contributed by atoms with Crippen LogP contribution in [0.1, 0.15) is 11.1 Å². The van der Waals surface area contributed by atoms with Crippen molar-refractivity contribution in [3.05, 3.63) is 64.4 Å². The van der Waals surface area contributed by atoms with E-state index in [9.17, 15) is 4.79 Å². The maximum Gasteiger partial charge on any atom is 0.331 e. The number of ether oxygens (including phenoxy) is 1. The molecule has 2 rings (SSSR count). The van der Waals surface area contributed by atoms with Gasteiger partial charge in [-0.25, -0.2) is 4.79 Å². The Morgan fingerprint density at radius 2 is 1.94 bits per heavy atom. The fourth-order valence-corrected chi connectivity index (χ4v) is 2.20. The number of hydrogen-bond donors (Lipinski definition) is 0.